The molecule has 3 heteroatoms. The number of rotatable bonds is 2. The molecule has 0 spiro atoms. The zero-order valence-electron chi connectivity index (χ0n) is 17.3. The smallest absolute Gasteiger partial charge is 0.311 e. The van der Waals surface area contributed by atoms with Crippen LogP contribution in [-0.2, 0) is 38.9 Å². The second-order valence-corrected chi connectivity index (χ2v) is 6.88. The number of carbonyl (C=O) groups excluding carboxylic acids is 1. The van der Waals surface area contributed by atoms with E-state index in [9.17, 15) is 4.79 Å². The zero-order valence-corrected chi connectivity index (χ0v) is 19.5. The van der Waals surface area contributed by atoms with Crippen LogP contribution in [-0.4, -0.2) is 5.78 Å². The second kappa shape index (κ2) is 15.4. The van der Waals surface area contributed by atoms with Crippen molar-refractivity contribution < 1.29 is 38.9 Å². The molecule has 5 rings (SSSR count). The Morgan fingerprint density at radius 2 is 0.968 bits per heavy atom. The number of hydrogen-bond acceptors (Lipinski definition) is 1. The van der Waals surface area contributed by atoms with Gasteiger partial charge in [-0.1, -0.05) is 30.4 Å². The Labute approximate surface area is 206 Å². The van der Waals surface area contributed by atoms with Gasteiger partial charge in [0.25, 0.3) is 0 Å². The Hall–Kier alpha value is -2.41. The van der Waals surface area contributed by atoms with Crippen molar-refractivity contribution in [1.29, 1.82) is 0 Å². The molecule has 1 fully saturated rings. The van der Waals surface area contributed by atoms with E-state index in [0.29, 0.717) is 0 Å². The molecule has 1 aliphatic rings. The van der Waals surface area contributed by atoms with Gasteiger partial charge in [0.2, 0.25) is 0 Å². The molecule has 1 aliphatic carbocycles. The molecule has 1 nitrogen and oxygen atoms in total. The summed E-state index contributed by atoms with van der Waals surface area (Å²) >= 11 is 0. The first-order valence-corrected chi connectivity index (χ1v) is 10.1. The minimum absolute atomic E-state index is 0. The van der Waals surface area contributed by atoms with Crippen molar-refractivity contribution in [3.05, 3.63) is 131 Å². The Balaban J connectivity index is 0.000000331. The summed E-state index contributed by atoms with van der Waals surface area (Å²) < 4.78 is 0. The average molecular weight is 490 g/mol. The molecule has 0 radical (unpaired) electrons. The third-order valence-corrected chi connectivity index (χ3v) is 4.65. The summed E-state index contributed by atoms with van der Waals surface area (Å²) in [6, 6.07) is 36.2. The van der Waals surface area contributed by atoms with Gasteiger partial charge in [0.1, 0.15) is 5.78 Å². The van der Waals surface area contributed by atoms with Crippen LogP contribution in [0, 0.1) is 0 Å². The van der Waals surface area contributed by atoms with Crippen LogP contribution in [0.5, 0.6) is 0 Å². The van der Waals surface area contributed by atoms with Crippen molar-refractivity contribution in [2.75, 3.05) is 0 Å². The molecular formula is C28H26Fe2O. The van der Waals surface area contributed by atoms with Crippen LogP contribution in [0.2, 0.25) is 0 Å². The fourth-order valence-corrected chi connectivity index (χ4v) is 3.19. The van der Waals surface area contributed by atoms with Crippen LogP contribution in [0.4, 0.5) is 0 Å². The molecule has 4 aromatic carbocycles. The Bertz CT molecular complexity index is 853. The maximum Gasteiger partial charge on any atom is 2.00 e. The maximum absolute atomic E-state index is 12.4. The number of Topliss-reactive ketones (excluding diaryl/α,β-unsaturated/α-hetero) is 1. The minimum Gasteiger partial charge on any atom is -0.311 e. The molecule has 0 aromatic heterocycles. The molecule has 0 heterocycles. The van der Waals surface area contributed by atoms with Gasteiger partial charge in [-0.15, -0.1) is 47.5 Å². The van der Waals surface area contributed by atoms with E-state index in [-0.39, 0.29) is 39.9 Å². The molecule has 1 saturated carbocycles. The van der Waals surface area contributed by atoms with Gasteiger partial charge in [-0.25, -0.2) is 24.3 Å². The number of carbonyl (C=O) groups is 1. The van der Waals surface area contributed by atoms with Gasteiger partial charge in [-0.05, 0) is 0 Å². The van der Waals surface area contributed by atoms with Crippen LogP contribution in [0.3, 0.4) is 0 Å². The van der Waals surface area contributed by atoms with E-state index >= 15 is 0 Å². The Morgan fingerprint density at radius 3 is 1.26 bits per heavy atom. The molecule has 0 amide bonds. The molecule has 0 atom stereocenters. The topological polar surface area (TPSA) is 17.1 Å². The molecule has 0 aliphatic heterocycles. The summed E-state index contributed by atoms with van der Waals surface area (Å²) in [6.45, 7) is 0. The summed E-state index contributed by atoms with van der Waals surface area (Å²) in [5.74, 6) is 0.216. The van der Waals surface area contributed by atoms with Crippen molar-refractivity contribution in [2.45, 2.75) is 19.3 Å². The summed E-state index contributed by atoms with van der Waals surface area (Å²) in [5.41, 5.74) is 4.13. The third kappa shape index (κ3) is 9.51. The standard InChI is InChI=1S/C18H16O.2C5H5.2Fe/c19-18-16(12-14-6-1-2-7-14)10-5-11-17(18)13-15-8-3-4-9-15;2*1-2-4-5-3-1;;/h1-4,6-9,12-13H,5,10-11H2;2*1-5H;;/q-2;2*-1;2*+2/b16-12-,17-13+;;;;. The van der Waals surface area contributed by atoms with Crippen LogP contribution in [0.15, 0.2) is 120 Å². The molecule has 31 heavy (non-hydrogen) atoms. The average Bonchev–Trinajstić information content (AvgIpc) is 3.54. The number of allylic oxidation sites excluding steroid dienone is 2. The predicted molar refractivity (Wildman–Crippen MR) is 123 cm³/mol. The quantitative estimate of drug-likeness (QED) is 0.166. The molecular weight excluding hydrogens is 464 g/mol. The van der Waals surface area contributed by atoms with Gasteiger partial charge in [0.05, 0.1) is 0 Å². The summed E-state index contributed by atoms with van der Waals surface area (Å²) in [7, 11) is 0. The van der Waals surface area contributed by atoms with Crippen LogP contribution < -0.4 is 0 Å². The van der Waals surface area contributed by atoms with E-state index in [2.05, 4.69) is 0 Å². The minimum atomic E-state index is 0. The summed E-state index contributed by atoms with van der Waals surface area (Å²) in [6.07, 6.45) is 6.90. The summed E-state index contributed by atoms with van der Waals surface area (Å²) in [4.78, 5) is 12.4. The first-order valence-electron chi connectivity index (χ1n) is 10.1. The molecule has 0 N–H and O–H groups in total. The second-order valence-electron chi connectivity index (χ2n) is 6.88. The number of ketones is 1. The summed E-state index contributed by atoms with van der Waals surface area (Å²) in [5, 5.41) is 0. The first kappa shape index (κ1) is 26.6. The predicted octanol–water partition coefficient (Wildman–Crippen LogP) is 7.15. The van der Waals surface area contributed by atoms with Gasteiger partial charge in [0, 0.05) is 0 Å². The van der Waals surface area contributed by atoms with Crippen molar-refractivity contribution in [2.24, 2.45) is 0 Å². The van der Waals surface area contributed by atoms with Crippen molar-refractivity contribution in [1.82, 2.24) is 0 Å². The molecule has 0 unspecified atom stereocenters. The van der Waals surface area contributed by atoms with Gasteiger partial charge < -0.3 is 4.79 Å². The first-order chi connectivity index (χ1) is 14.3. The van der Waals surface area contributed by atoms with E-state index in [1.807, 2.05) is 121 Å². The van der Waals surface area contributed by atoms with Crippen LogP contribution >= 0.6 is 0 Å². The van der Waals surface area contributed by atoms with Crippen LogP contribution in [0.25, 0.3) is 12.2 Å². The van der Waals surface area contributed by atoms with Crippen molar-refractivity contribution >= 4 is 17.9 Å². The van der Waals surface area contributed by atoms with Gasteiger partial charge >= 0.3 is 34.1 Å². The fraction of sp³-hybridized carbons (Fsp3) is 0.107. The molecule has 4 aromatic rings. The monoisotopic (exact) mass is 490 g/mol. The fourth-order valence-electron chi connectivity index (χ4n) is 3.19. The zero-order chi connectivity index (χ0) is 20.2. The van der Waals surface area contributed by atoms with Crippen molar-refractivity contribution in [3.8, 4) is 0 Å². The SMILES string of the molecule is O=C1/C(=C\[c-]2cccc2)CCC/C1=C\[c-]1cccc1.[Fe+2].[Fe+2].c1cc[cH-]c1.c1cc[cH-]c1. The molecule has 0 bridgehead atoms. The van der Waals surface area contributed by atoms with E-state index < -0.39 is 0 Å². The number of hydrogen-bond donors (Lipinski definition) is 0. The normalized spacial score (nSPS) is 15.0. The molecule has 0 saturated heterocycles. The Kier molecular flexibility index (Phi) is 13.2. The van der Waals surface area contributed by atoms with E-state index in [1.54, 1.807) is 0 Å². The van der Waals surface area contributed by atoms with Gasteiger partial charge in [0.15, 0.2) is 0 Å². The molecule has 160 valence electrons. The van der Waals surface area contributed by atoms with Crippen LogP contribution in [0.1, 0.15) is 30.4 Å². The van der Waals surface area contributed by atoms with E-state index in [0.717, 1.165) is 41.5 Å². The Morgan fingerprint density at radius 1 is 0.613 bits per heavy atom. The van der Waals surface area contributed by atoms with E-state index in [4.69, 9.17) is 0 Å². The maximum atomic E-state index is 12.4. The van der Waals surface area contributed by atoms with Gasteiger partial charge in [-0.2, -0.15) is 60.7 Å². The van der Waals surface area contributed by atoms with E-state index in [1.165, 1.54) is 0 Å². The largest absolute Gasteiger partial charge is 2.00 e. The third-order valence-electron chi connectivity index (χ3n) is 4.65. The van der Waals surface area contributed by atoms with Crippen molar-refractivity contribution in [3.63, 3.8) is 0 Å². The van der Waals surface area contributed by atoms with Gasteiger partial charge in [-0.3, -0.25) is 0 Å².